The number of amides is 1. The summed E-state index contributed by atoms with van der Waals surface area (Å²) >= 11 is 0. The molecule has 1 saturated carbocycles. The highest BCUT2D eigenvalue weighted by Crippen LogP contribution is 2.18. The number of benzene rings is 1. The molecule has 1 aromatic carbocycles. The summed E-state index contributed by atoms with van der Waals surface area (Å²) in [6, 6.07) is 8.53. The third-order valence-electron chi connectivity index (χ3n) is 3.02. The largest absolute Gasteiger partial charge is 0.480 e. The highest BCUT2D eigenvalue weighted by molar-refractivity contribution is 5.77. The van der Waals surface area contributed by atoms with Gasteiger partial charge in [-0.3, -0.25) is 9.59 Å². The molecule has 0 saturated heterocycles. The molecule has 1 unspecified atom stereocenters. The van der Waals surface area contributed by atoms with E-state index in [0.717, 1.165) is 12.8 Å². The van der Waals surface area contributed by atoms with Gasteiger partial charge < -0.3 is 15.7 Å². The van der Waals surface area contributed by atoms with Gasteiger partial charge in [-0.1, -0.05) is 30.3 Å². The lowest BCUT2D eigenvalue weighted by atomic mass is 10.1. The van der Waals surface area contributed by atoms with E-state index >= 15 is 0 Å². The first kappa shape index (κ1) is 13.5. The smallest absolute Gasteiger partial charge is 0.325 e. The minimum atomic E-state index is -0.936. The monoisotopic (exact) mass is 262 g/mol. The van der Waals surface area contributed by atoms with E-state index in [9.17, 15) is 14.7 Å². The van der Waals surface area contributed by atoms with Crippen LogP contribution in [-0.4, -0.2) is 29.6 Å². The van der Waals surface area contributed by atoms with Crippen molar-refractivity contribution < 1.29 is 14.7 Å². The van der Waals surface area contributed by atoms with Crippen molar-refractivity contribution in [1.29, 1.82) is 0 Å². The molecule has 0 spiro atoms. The second kappa shape index (κ2) is 6.33. The predicted octanol–water partition coefficient (Wildman–Crippen LogP) is 1.07. The quantitative estimate of drug-likeness (QED) is 0.687. The summed E-state index contributed by atoms with van der Waals surface area (Å²) < 4.78 is 0. The molecule has 0 heterocycles. The lowest BCUT2D eigenvalue weighted by Crippen LogP contribution is -2.33. The fourth-order valence-corrected chi connectivity index (χ4v) is 1.85. The minimum Gasteiger partial charge on any atom is -0.480 e. The van der Waals surface area contributed by atoms with E-state index < -0.39 is 12.0 Å². The number of carbonyl (C=O) groups is 2. The first-order valence-corrected chi connectivity index (χ1v) is 6.47. The maximum absolute atomic E-state index is 11.5. The number of carbonyl (C=O) groups excluding carboxylic acids is 1. The molecule has 1 aliphatic rings. The van der Waals surface area contributed by atoms with Crippen LogP contribution < -0.4 is 10.6 Å². The van der Waals surface area contributed by atoms with Gasteiger partial charge in [-0.15, -0.1) is 0 Å². The van der Waals surface area contributed by atoms with Crippen molar-refractivity contribution in [2.45, 2.75) is 31.3 Å². The lowest BCUT2D eigenvalue weighted by Gasteiger charge is -2.14. The average Bonchev–Trinajstić information content (AvgIpc) is 3.19. The third kappa shape index (κ3) is 4.37. The van der Waals surface area contributed by atoms with Gasteiger partial charge in [0.25, 0.3) is 0 Å². The molecule has 1 amide bonds. The van der Waals surface area contributed by atoms with Gasteiger partial charge in [0.15, 0.2) is 0 Å². The highest BCUT2D eigenvalue weighted by Gasteiger charge is 2.23. The van der Waals surface area contributed by atoms with Gasteiger partial charge in [0.2, 0.25) is 5.91 Å². The topological polar surface area (TPSA) is 78.4 Å². The van der Waals surface area contributed by atoms with Crippen LogP contribution >= 0.6 is 0 Å². The molecule has 1 fully saturated rings. The van der Waals surface area contributed by atoms with E-state index in [1.165, 1.54) is 0 Å². The van der Waals surface area contributed by atoms with Crippen LogP contribution in [0, 0.1) is 0 Å². The molecule has 2 rings (SSSR count). The number of rotatable bonds is 7. The number of carboxylic acid groups (broad SMARTS) is 1. The second-order valence-electron chi connectivity index (χ2n) is 4.73. The molecule has 0 bridgehead atoms. The zero-order chi connectivity index (χ0) is 13.7. The molecule has 0 aromatic heterocycles. The minimum absolute atomic E-state index is 0.0211. The number of hydrogen-bond acceptors (Lipinski definition) is 3. The van der Waals surface area contributed by atoms with Crippen molar-refractivity contribution in [1.82, 2.24) is 10.6 Å². The third-order valence-corrected chi connectivity index (χ3v) is 3.02. The van der Waals surface area contributed by atoms with Crippen molar-refractivity contribution in [2.75, 3.05) is 6.54 Å². The Kier molecular flexibility index (Phi) is 4.52. The molecule has 102 valence electrons. The van der Waals surface area contributed by atoms with E-state index in [2.05, 4.69) is 10.6 Å². The van der Waals surface area contributed by atoms with Crippen molar-refractivity contribution in [3.05, 3.63) is 35.9 Å². The Morgan fingerprint density at radius 2 is 1.95 bits per heavy atom. The summed E-state index contributed by atoms with van der Waals surface area (Å²) in [7, 11) is 0. The summed E-state index contributed by atoms with van der Waals surface area (Å²) in [5.74, 6) is -0.957. The Balaban J connectivity index is 1.80. The fraction of sp³-hybridized carbons (Fsp3) is 0.429. The van der Waals surface area contributed by atoms with Crippen LogP contribution in [0.5, 0.6) is 0 Å². The molecule has 3 N–H and O–H groups in total. The van der Waals surface area contributed by atoms with Crippen molar-refractivity contribution >= 4 is 11.9 Å². The van der Waals surface area contributed by atoms with Crippen LogP contribution in [0.15, 0.2) is 30.3 Å². The van der Waals surface area contributed by atoms with Crippen molar-refractivity contribution in [3.8, 4) is 0 Å². The molecule has 0 radical (unpaired) electrons. The van der Waals surface area contributed by atoms with Crippen LogP contribution in [0.25, 0.3) is 0 Å². The van der Waals surface area contributed by atoms with E-state index in [1.807, 2.05) is 6.07 Å². The van der Waals surface area contributed by atoms with Gasteiger partial charge in [-0.05, 0) is 18.4 Å². The summed E-state index contributed by atoms with van der Waals surface area (Å²) in [5, 5.41) is 15.0. The van der Waals surface area contributed by atoms with Gasteiger partial charge in [0.1, 0.15) is 6.04 Å². The van der Waals surface area contributed by atoms with E-state index in [4.69, 9.17) is 0 Å². The SMILES string of the molecule is O=C(CCNC(C(=O)O)c1ccccc1)NC1CC1. The first-order chi connectivity index (χ1) is 9.16. The van der Waals surface area contributed by atoms with Crippen molar-refractivity contribution in [3.63, 3.8) is 0 Å². The van der Waals surface area contributed by atoms with Gasteiger partial charge >= 0.3 is 5.97 Å². The number of nitrogens with one attached hydrogen (secondary N) is 2. The van der Waals surface area contributed by atoms with Crippen LogP contribution in [0.4, 0.5) is 0 Å². The molecule has 5 nitrogen and oxygen atoms in total. The van der Waals surface area contributed by atoms with E-state index in [1.54, 1.807) is 24.3 Å². The van der Waals surface area contributed by atoms with E-state index in [0.29, 0.717) is 24.6 Å². The van der Waals surface area contributed by atoms with Gasteiger partial charge in [0.05, 0.1) is 0 Å². The zero-order valence-corrected chi connectivity index (χ0v) is 10.6. The fourth-order valence-electron chi connectivity index (χ4n) is 1.85. The average molecular weight is 262 g/mol. The Morgan fingerprint density at radius 3 is 2.53 bits per heavy atom. The van der Waals surface area contributed by atoms with Crippen LogP contribution in [-0.2, 0) is 9.59 Å². The predicted molar refractivity (Wildman–Crippen MR) is 70.6 cm³/mol. The second-order valence-corrected chi connectivity index (χ2v) is 4.73. The van der Waals surface area contributed by atoms with Crippen LogP contribution in [0.2, 0.25) is 0 Å². The summed E-state index contributed by atoms with van der Waals surface area (Å²) in [6.07, 6.45) is 2.41. The normalized spacial score (nSPS) is 15.8. The molecular formula is C14H18N2O3. The van der Waals surface area contributed by atoms with Gasteiger partial charge in [-0.25, -0.2) is 0 Å². The van der Waals surface area contributed by atoms with Gasteiger partial charge in [-0.2, -0.15) is 0 Å². The molecular weight excluding hydrogens is 244 g/mol. The van der Waals surface area contributed by atoms with Gasteiger partial charge in [0, 0.05) is 19.0 Å². The summed E-state index contributed by atoms with van der Waals surface area (Å²) in [5.41, 5.74) is 0.692. The lowest BCUT2D eigenvalue weighted by molar-refractivity contribution is -0.139. The number of aliphatic carboxylic acids is 1. The Labute approximate surface area is 112 Å². The number of carboxylic acids is 1. The molecule has 5 heteroatoms. The zero-order valence-electron chi connectivity index (χ0n) is 10.6. The maximum Gasteiger partial charge on any atom is 0.325 e. The molecule has 1 atom stereocenters. The standard InChI is InChI=1S/C14H18N2O3/c17-12(16-11-6-7-11)8-9-15-13(14(18)19)10-4-2-1-3-5-10/h1-5,11,13,15H,6-9H2,(H,16,17)(H,18,19). The first-order valence-electron chi connectivity index (χ1n) is 6.47. The van der Waals surface area contributed by atoms with Crippen molar-refractivity contribution in [2.24, 2.45) is 0 Å². The highest BCUT2D eigenvalue weighted by atomic mass is 16.4. The summed E-state index contributed by atoms with van der Waals surface area (Å²) in [6.45, 7) is 0.352. The number of hydrogen-bond donors (Lipinski definition) is 3. The molecule has 1 aliphatic carbocycles. The Hall–Kier alpha value is -1.88. The molecule has 1 aromatic rings. The molecule has 19 heavy (non-hydrogen) atoms. The Bertz CT molecular complexity index is 443. The Morgan fingerprint density at radius 1 is 1.26 bits per heavy atom. The molecule has 0 aliphatic heterocycles. The maximum atomic E-state index is 11.5. The van der Waals surface area contributed by atoms with Crippen LogP contribution in [0.3, 0.4) is 0 Å². The van der Waals surface area contributed by atoms with Crippen LogP contribution in [0.1, 0.15) is 30.9 Å². The summed E-state index contributed by atoms with van der Waals surface area (Å²) in [4.78, 5) is 22.7. The van der Waals surface area contributed by atoms with E-state index in [-0.39, 0.29) is 5.91 Å².